The average molecular weight is 162 g/mol. The second kappa shape index (κ2) is 4.14. The highest BCUT2D eigenvalue weighted by Crippen LogP contribution is 2.36. The van der Waals surface area contributed by atoms with Crippen LogP contribution >= 0.6 is 0 Å². The first-order valence-corrected chi connectivity index (χ1v) is 6.77. The number of hydrogen-bond donors (Lipinski definition) is 0. The molecule has 10 heavy (non-hydrogen) atoms. The van der Waals surface area contributed by atoms with Gasteiger partial charge in [-0.05, 0) is 11.0 Å². The lowest BCUT2D eigenvalue weighted by Crippen LogP contribution is -2.26. The van der Waals surface area contributed by atoms with Crippen molar-refractivity contribution in [2.24, 2.45) is 5.92 Å². The zero-order chi connectivity index (χ0) is 7.65. The van der Waals surface area contributed by atoms with E-state index in [1.54, 1.807) is 0 Å². The first-order valence-electron chi connectivity index (χ1n) is 3.89. The molecule has 0 saturated carbocycles. The van der Waals surface area contributed by atoms with Gasteiger partial charge >= 0.3 is 0 Å². The van der Waals surface area contributed by atoms with E-state index in [0.717, 1.165) is 5.92 Å². The van der Waals surface area contributed by atoms with Crippen LogP contribution in [-0.2, 0) is 0 Å². The molecular formula is C8H22OSi. The average Bonchev–Trinajstić information content (AvgIpc) is 1.65. The van der Waals surface area contributed by atoms with Gasteiger partial charge in [0.2, 0.25) is 0 Å². The summed E-state index contributed by atoms with van der Waals surface area (Å²) < 4.78 is 0. The van der Waals surface area contributed by atoms with Crippen LogP contribution in [0.2, 0.25) is 18.1 Å². The molecule has 64 valence electrons. The number of hydrogen-bond acceptors (Lipinski definition) is 0. The van der Waals surface area contributed by atoms with E-state index in [-0.39, 0.29) is 5.48 Å². The van der Waals surface area contributed by atoms with E-state index in [4.69, 9.17) is 0 Å². The van der Waals surface area contributed by atoms with Crippen molar-refractivity contribution in [1.82, 2.24) is 0 Å². The Morgan fingerprint density at radius 3 is 1.40 bits per heavy atom. The highest BCUT2D eigenvalue weighted by Gasteiger charge is 2.26. The molecule has 2 N–H and O–H groups in total. The summed E-state index contributed by atoms with van der Waals surface area (Å²) in [7, 11) is -0.438. The van der Waals surface area contributed by atoms with Crippen LogP contribution in [0.5, 0.6) is 0 Å². The standard InChI is InChI=1S/C8H20Si.H2O/c1-7(2)8(3,4)9(5)6;/h7,9H,1-6H3;1H2. The van der Waals surface area contributed by atoms with Crippen molar-refractivity contribution >= 4 is 8.80 Å². The summed E-state index contributed by atoms with van der Waals surface area (Å²) in [5, 5.41) is 0.639. The number of rotatable bonds is 2. The lowest BCUT2D eigenvalue weighted by molar-refractivity contribution is 0.468. The van der Waals surface area contributed by atoms with Gasteiger partial charge in [-0.2, -0.15) is 0 Å². The molecule has 0 aromatic carbocycles. The van der Waals surface area contributed by atoms with Crippen molar-refractivity contribution in [2.75, 3.05) is 0 Å². The summed E-state index contributed by atoms with van der Waals surface area (Å²) in [5.74, 6) is 0.851. The monoisotopic (exact) mass is 162 g/mol. The second-order valence-corrected chi connectivity index (χ2v) is 7.93. The molecule has 1 nitrogen and oxygen atoms in total. The summed E-state index contributed by atoms with van der Waals surface area (Å²) in [6.45, 7) is 14.3. The molecule has 0 amide bonds. The fourth-order valence-corrected chi connectivity index (χ4v) is 2.00. The molecule has 0 aliphatic rings. The van der Waals surface area contributed by atoms with Crippen LogP contribution in [-0.4, -0.2) is 14.3 Å². The van der Waals surface area contributed by atoms with Crippen LogP contribution < -0.4 is 0 Å². The van der Waals surface area contributed by atoms with Gasteiger partial charge in [0.25, 0.3) is 0 Å². The summed E-state index contributed by atoms with van der Waals surface area (Å²) in [4.78, 5) is 0. The molecule has 0 saturated heterocycles. The highest BCUT2D eigenvalue weighted by molar-refractivity contribution is 6.59. The lowest BCUT2D eigenvalue weighted by Gasteiger charge is -2.32. The molecule has 0 radical (unpaired) electrons. The zero-order valence-electron chi connectivity index (χ0n) is 8.15. The Bertz CT molecular complexity index is 77.3. The SMILES string of the molecule is CC(C)C(C)(C)[SiH](C)C.O. The lowest BCUT2D eigenvalue weighted by atomic mass is 9.99. The zero-order valence-corrected chi connectivity index (χ0v) is 9.31. The van der Waals surface area contributed by atoms with Gasteiger partial charge in [-0.3, -0.25) is 0 Å². The van der Waals surface area contributed by atoms with Crippen molar-refractivity contribution in [3.63, 3.8) is 0 Å². The van der Waals surface area contributed by atoms with Crippen LogP contribution in [0.25, 0.3) is 0 Å². The summed E-state index contributed by atoms with van der Waals surface area (Å²) >= 11 is 0. The van der Waals surface area contributed by atoms with Crippen molar-refractivity contribution < 1.29 is 5.48 Å². The molecule has 0 atom stereocenters. The molecule has 0 aromatic heterocycles. The molecule has 0 aliphatic carbocycles. The van der Waals surface area contributed by atoms with Gasteiger partial charge in [-0.15, -0.1) is 0 Å². The summed E-state index contributed by atoms with van der Waals surface area (Å²) in [6.07, 6.45) is 0. The minimum absolute atomic E-state index is 0. The predicted octanol–water partition coefficient (Wildman–Crippen LogP) is 2.08. The van der Waals surface area contributed by atoms with Gasteiger partial charge in [0, 0.05) is 8.80 Å². The Kier molecular flexibility index (Phi) is 5.30. The Hall–Kier alpha value is 0.177. The molecule has 0 unspecified atom stereocenters. The summed E-state index contributed by atoms with van der Waals surface area (Å²) in [5.41, 5.74) is 0. The molecule has 0 rings (SSSR count). The van der Waals surface area contributed by atoms with Crippen LogP contribution in [0.4, 0.5) is 0 Å². The first kappa shape index (κ1) is 12.8. The van der Waals surface area contributed by atoms with Crippen molar-refractivity contribution in [3.8, 4) is 0 Å². The Morgan fingerprint density at radius 1 is 1.10 bits per heavy atom. The van der Waals surface area contributed by atoms with Crippen molar-refractivity contribution in [2.45, 2.75) is 45.8 Å². The Morgan fingerprint density at radius 2 is 1.40 bits per heavy atom. The van der Waals surface area contributed by atoms with E-state index in [2.05, 4.69) is 40.8 Å². The second-order valence-electron chi connectivity index (χ2n) is 4.13. The molecule has 0 aliphatic heterocycles. The Labute approximate surface area is 66.8 Å². The van der Waals surface area contributed by atoms with Gasteiger partial charge in [-0.1, -0.05) is 40.8 Å². The third kappa shape index (κ3) is 2.84. The maximum absolute atomic E-state index is 2.43. The van der Waals surface area contributed by atoms with E-state index in [1.165, 1.54) is 0 Å². The molecule has 0 aromatic rings. The van der Waals surface area contributed by atoms with E-state index in [9.17, 15) is 0 Å². The third-order valence-corrected chi connectivity index (χ3v) is 6.62. The topological polar surface area (TPSA) is 31.5 Å². The fourth-order valence-electron chi connectivity index (χ4n) is 0.667. The molecule has 2 heteroatoms. The largest absolute Gasteiger partial charge is 0.412 e. The molecule has 0 fully saturated rings. The molecule has 0 spiro atoms. The molecule has 0 heterocycles. The van der Waals surface area contributed by atoms with Gasteiger partial charge in [0.15, 0.2) is 0 Å². The van der Waals surface area contributed by atoms with E-state index in [1.807, 2.05) is 0 Å². The smallest absolute Gasteiger partial charge is 0.0368 e. The molecule has 0 bridgehead atoms. The van der Waals surface area contributed by atoms with E-state index < -0.39 is 8.80 Å². The quantitative estimate of drug-likeness (QED) is 0.557. The van der Waals surface area contributed by atoms with Crippen LogP contribution in [0.3, 0.4) is 0 Å². The minimum atomic E-state index is -0.438. The first-order chi connectivity index (χ1) is 3.89. The maximum Gasteiger partial charge on any atom is 0.0368 e. The summed E-state index contributed by atoms with van der Waals surface area (Å²) in [6, 6.07) is 0. The third-order valence-electron chi connectivity index (χ3n) is 2.98. The highest BCUT2D eigenvalue weighted by atomic mass is 28.3. The van der Waals surface area contributed by atoms with Gasteiger partial charge in [0.05, 0.1) is 0 Å². The van der Waals surface area contributed by atoms with E-state index in [0.29, 0.717) is 5.04 Å². The van der Waals surface area contributed by atoms with Crippen LogP contribution in [0.15, 0.2) is 0 Å². The predicted molar refractivity (Wildman–Crippen MR) is 51.4 cm³/mol. The van der Waals surface area contributed by atoms with Gasteiger partial charge in [-0.25, -0.2) is 0 Å². The van der Waals surface area contributed by atoms with Crippen LogP contribution in [0, 0.1) is 5.92 Å². The van der Waals surface area contributed by atoms with Crippen LogP contribution in [0.1, 0.15) is 27.7 Å². The Balaban J connectivity index is 0. The molecular weight excluding hydrogens is 140 g/mol. The maximum atomic E-state index is 2.43. The van der Waals surface area contributed by atoms with E-state index >= 15 is 0 Å². The fraction of sp³-hybridized carbons (Fsp3) is 1.00. The normalized spacial score (nSPS) is 12.0. The minimum Gasteiger partial charge on any atom is -0.412 e. The van der Waals surface area contributed by atoms with Gasteiger partial charge in [0.1, 0.15) is 0 Å². The van der Waals surface area contributed by atoms with Gasteiger partial charge < -0.3 is 5.48 Å². The van der Waals surface area contributed by atoms with Crippen molar-refractivity contribution in [3.05, 3.63) is 0 Å². The van der Waals surface area contributed by atoms with Crippen molar-refractivity contribution in [1.29, 1.82) is 0 Å².